The lowest BCUT2D eigenvalue weighted by Crippen LogP contribution is -2.72. The summed E-state index contributed by atoms with van der Waals surface area (Å²) in [6.45, 7) is 0.664. The molecule has 0 bridgehead atoms. The Balaban J connectivity index is 1.75. The molecule has 0 unspecified atom stereocenters. The average molecular weight is 284 g/mol. The van der Waals surface area contributed by atoms with Crippen LogP contribution in [0.2, 0.25) is 0 Å². The molecule has 0 aliphatic carbocycles. The van der Waals surface area contributed by atoms with Gasteiger partial charge in [0.15, 0.2) is 6.54 Å². The Labute approximate surface area is 121 Å². The zero-order valence-corrected chi connectivity index (χ0v) is 11.3. The van der Waals surface area contributed by atoms with Crippen molar-refractivity contribution in [2.75, 3.05) is 11.9 Å². The summed E-state index contributed by atoms with van der Waals surface area (Å²) in [5.74, 6) is 0.351. The first-order chi connectivity index (χ1) is 10.2. The number of nitrogens with zero attached hydrogens (tertiary/aromatic N) is 1. The molecule has 1 aliphatic rings. The largest absolute Gasteiger partial charge is 0.358 e. The van der Waals surface area contributed by atoms with Crippen LogP contribution in [0.4, 0.5) is 10.1 Å². The Bertz CT molecular complexity index is 668. The third-order valence-corrected chi connectivity index (χ3v) is 3.27. The van der Waals surface area contributed by atoms with E-state index in [1.807, 2.05) is 30.3 Å². The minimum absolute atomic E-state index is 0.0160. The highest BCUT2D eigenvalue weighted by molar-refractivity contribution is 6.03. The molecule has 0 saturated heterocycles. The number of nitrogens with one attached hydrogen (secondary N) is 2. The van der Waals surface area contributed by atoms with E-state index in [0.717, 1.165) is 11.3 Å². The van der Waals surface area contributed by atoms with E-state index in [1.165, 1.54) is 12.1 Å². The Morgan fingerprint density at radius 2 is 1.81 bits per heavy atom. The molecular formula is C16H15FN3O+. The van der Waals surface area contributed by atoms with Crippen LogP contribution in [0.3, 0.4) is 0 Å². The van der Waals surface area contributed by atoms with Gasteiger partial charge in [0, 0.05) is 0 Å². The molecule has 0 atom stereocenters. The van der Waals surface area contributed by atoms with E-state index >= 15 is 0 Å². The number of hydrogen-bond donors (Lipinski definition) is 2. The lowest BCUT2D eigenvalue weighted by molar-refractivity contribution is -0.438. The van der Waals surface area contributed by atoms with E-state index in [0.29, 0.717) is 12.5 Å². The summed E-state index contributed by atoms with van der Waals surface area (Å²) < 4.78 is 12.9. The lowest BCUT2D eigenvalue weighted by atomic mass is 10.2. The Hall–Kier alpha value is -2.69. The number of anilines is 1. The molecule has 2 aromatic rings. The summed E-state index contributed by atoms with van der Waals surface area (Å²) in [7, 11) is 0. The van der Waals surface area contributed by atoms with Crippen LogP contribution in [0.5, 0.6) is 0 Å². The zero-order valence-electron chi connectivity index (χ0n) is 11.3. The Morgan fingerprint density at radius 1 is 1.10 bits per heavy atom. The van der Waals surface area contributed by atoms with Crippen molar-refractivity contribution in [1.29, 1.82) is 0 Å². The molecule has 106 valence electrons. The highest BCUT2D eigenvalue weighted by atomic mass is 19.1. The van der Waals surface area contributed by atoms with E-state index in [4.69, 9.17) is 0 Å². The lowest BCUT2D eigenvalue weighted by Gasteiger charge is -2.12. The minimum Gasteiger partial charge on any atom is -0.266 e. The first kappa shape index (κ1) is 13.3. The van der Waals surface area contributed by atoms with Crippen molar-refractivity contribution >= 4 is 17.6 Å². The van der Waals surface area contributed by atoms with Crippen molar-refractivity contribution in [2.24, 2.45) is 0 Å². The van der Waals surface area contributed by atoms with Crippen LogP contribution < -0.4 is 10.3 Å². The van der Waals surface area contributed by atoms with Gasteiger partial charge in [0.2, 0.25) is 0 Å². The monoisotopic (exact) mass is 284 g/mol. The van der Waals surface area contributed by atoms with Gasteiger partial charge in [-0.05, 0) is 29.8 Å². The number of carbonyl (C=O) groups excluding carboxylic acids is 1. The van der Waals surface area contributed by atoms with Crippen molar-refractivity contribution in [2.45, 2.75) is 6.54 Å². The van der Waals surface area contributed by atoms with Crippen molar-refractivity contribution in [3.8, 4) is 0 Å². The quantitative estimate of drug-likeness (QED) is 0.872. The molecule has 0 fully saturated rings. The van der Waals surface area contributed by atoms with Gasteiger partial charge in [-0.1, -0.05) is 30.3 Å². The predicted molar refractivity (Wildman–Crippen MR) is 77.9 cm³/mol. The van der Waals surface area contributed by atoms with Gasteiger partial charge in [0.1, 0.15) is 12.4 Å². The van der Waals surface area contributed by atoms with Crippen molar-refractivity contribution in [3.05, 3.63) is 66.0 Å². The van der Waals surface area contributed by atoms with Crippen LogP contribution in [0.15, 0.2) is 54.6 Å². The van der Waals surface area contributed by atoms with Gasteiger partial charge in [-0.3, -0.25) is 9.79 Å². The van der Waals surface area contributed by atoms with E-state index in [1.54, 1.807) is 17.0 Å². The van der Waals surface area contributed by atoms with Crippen molar-refractivity contribution in [1.82, 2.24) is 4.90 Å². The number of hydrogen-bond acceptors (Lipinski definition) is 2. The number of carbonyl (C=O) groups is 1. The standard InChI is InChI=1S/C16H14FN3O/c17-13-8-6-12(7-9-13)11-20-15(21)10-18-16(20)19-14-4-2-1-3-5-14/h1-9H,10-11H2,(H,18,19)/p+1. The van der Waals surface area contributed by atoms with Crippen LogP contribution in [-0.2, 0) is 11.3 Å². The molecule has 0 spiro atoms. The number of para-hydroxylation sites is 1. The predicted octanol–water partition coefficient (Wildman–Crippen LogP) is 0.717. The summed E-state index contributed by atoms with van der Waals surface area (Å²) in [5, 5.41) is 3.19. The van der Waals surface area contributed by atoms with Gasteiger partial charge < -0.3 is 0 Å². The van der Waals surface area contributed by atoms with E-state index < -0.39 is 0 Å². The summed E-state index contributed by atoms with van der Waals surface area (Å²) >= 11 is 0. The molecule has 2 N–H and O–H groups in total. The molecule has 1 amide bonds. The molecule has 1 heterocycles. The first-order valence-electron chi connectivity index (χ1n) is 6.70. The van der Waals surface area contributed by atoms with Crippen LogP contribution in [0.25, 0.3) is 0 Å². The minimum atomic E-state index is -0.281. The summed E-state index contributed by atoms with van der Waals surface area (Å²) in [5.41, 5.74) is 1.78. The first-order valence-corrected chi connectivity index (χ1v) is 6.70. The number of guanidine groups is 1. The van der Waals surface area contributed by atoms with Gasteiger partial charge in [0.05, 0.1) is 5.69 Å². The molecule has 5 heteroatoms. The Morgan fingerprint density at radius 3 is 2.52 bits per heavy atom. The number of amides is 1. The normalized spacial score (nSPS) is 14.2. The highest BCUT2D eigenvalue weighted by Gasteiger charge is 2.32. The van der Waals surface area contributed by atoms with Crippen molar-refractivity contribution < 1.29 is 14.2 Å². The maximum absolute atomic E-state index is 12.9. The fourth-order valence-electron chi connectivity index (χ4n) is 2.18. The molecule has 0 aromatic heterocycles. The average Bonchev–Trinajstić information content (AvgIpc) is 2.84. The fraction of sp³-hybridized carbons (Fsp3) is 0.125. The van der Waals surface area contributed by atoms with Crippen LogP contribution >= 0.6 is 0 Å². The summed E-state index contributed by atoms with van der Waals surface area (Å²) in [4.78, 5) is 16.6. The van der Waals surface area contributed by atoms with Crippen LogP contribution in [0, 0.1) is 5.82 Å². The van der Waals surface area contributed by atoms with Gasteiger partial charge >= 0.3 is 11.9 Å². The number of halogens is 1. The second-order valence-corrected chi connectivity index (χ2v) is 4.80. The smallest absolute Gasteiger partial charge is 0.266 e. The number of benzene rings is 2. The van der Waals surface area contributed by atoms with Crippen LogP contribution in [0.1, 0.15) is 5.56 Å². The molecule has 0 radical (unpaired) electrons. The molecule has 1 aliphatic heterocycles. The van der Waals surface area contributed by atoms with Crippen molar-refractivity contribution in [3.63, 3.8) is 0 Å². The maximum atomic E-state index is 12.9. The number of rotatable bonds is 3. The second-order valence-electron chi connectivity index (χ2n) is 4.80. The molecule has 3 rings (SSSR count). The van der Waals surface area contributed by atoms with Gasteiger partial charge in [-0.2, -0.15) is 4.90 Å². The Kier molecular flexibility index (Phi) is 3.64. The van der Waals surface area contributed by atoms with Gasteiger partial charge in [-0.15, -0.1) is 0 Å². The maximum Gasteiger partial charge on any atom is 0.358 e. The molecular weight excluding hydrogens is 269 g/mol. The fourth-order valence-corrected chi connectivity index (χ4v) is 2.18. The summed E-state index contributed by atoms with van der Waals surface area (Å²) in [6, 6.07) is 15.8. The SMILES string of the molecule is O=C1C[NH+]=C(Nc2ccccc2)N1Cc1ccc(F)cc1. The highest BCUT2D eigenvalue weighted by Crippen LogP contribution is 2.10. The van der Waals surface area contributed by atoms with Gasteiger partial charge in [0.25, 0.3) is 0 Å². The molecule has 4 nitrogen and oxygen atoms in total. The molecule has 2 aromatic carbocycles. The van der Waals surface area contributed by atoms with Gasteiger partial charge in [-0.25, -0.2) is 9.71 Å². The second kappa shape index (κ2) is 5.75. The molecule has 0 saturated carbocycles. The third kappa shape index (κ3) is 3.08. The third-order valence-electron chi connectivity index (χ3n) is 3.27. The molecule has 21 heavy (non-hydrogen) atoms. The topological polar surface area (TPSA) is 46.3 Å². The summed E-state index contributed by atoms with van der Waals surface area (Å²) in [6.07, 6.45) is 0. The van der Waals surface area contributed by atoms with E-state index in [9.17, 15) is 9.18 Å². The van der Waals surface area contributed by atoms with Crippen LogP contribution in [-0.4, -0.2) is 23.3 Å². The zero-order chi connectivity index (χ0) is 14.7. The van der Waals surface area contributed by atoms with E-state index in [-0.39, 0.29) is 18.3 Å². The van der Waals surface area contributed by atoms with E-state index in [2.05, 4.69) is 10.3 Å².